The first-order valence-corrected chi connectivity index (χ1v) is 11.1. The highest BCUT2D eigenvalue weighted by Crippen LogP contribution is 2.17. The summed E-state index contributed by atoms with van der Waals surface area (Å²) in [4.78, 5) is 24.4. The van der Waals surface area contributed by atoms with Crippen molar-refractivity contribution in [3.8, 4) is 0 Å². The summed E-state index contributed by atoms with van der Waals surface area (Å²) in [5.41, 5.74) is 0.888. The molecule has 2 rings (SSSR count). The van der Waals surface area contributed by atoms with Crippen LogP contribution in [0.3, 0.4) is 0 Å². The van der Waals surface area contributed by atoms with E-state index in [1.165, 1.54) is 25.0 Å². The average molecular weight is 381 g/mol. The summed E-state index contributed by atoms with van der Waals surface area (Å²) in [5.74, 6) is -0.957. The molecule has 1 N–H and O–H groups in total. The number of amides is 1. The highest BCUT2D eigenvalue weighted by molar-refractivity contribution is 7.89. The minimum absolute atomic E-state index is 0.0808. The molecule has 6 nitrogen and oxygen atoms in total. The molecule has 1 aromatic rings. The van der Waals surface area contributed by atoms with E-state index in [0.29, 0.717) is 5.56 Å². The lowest BCUT2D eigenvalue weighted by Crippen LogP contribution is -2.41. The molecule has 0 bridgehead atoms. The second-order valence-corrected chi connectivity index (χ2v) is 9.15. The highest BCUT2D eigenvalue weighted by Gasteiger charge is 2.22. The van der Waals surface area contributed by atoms with E-state index in [4.69, 9.17) is 4.74 Å². The van der Waals surface area contributed by atoms with Crippen molar-refractivity contribution >= 4 is 21.7 Å². The quantitative estimate of drug-likeness (QED) is 0.604. The molecule has 0 aliphatic heterocycles. The van der Waals surface area contributed by atoms with Crippen LogP contribution in [-0.2, 0) is 25.1 Å². The number of hydrogen-bond donors (Lipinski definition) is 1. The minimum Gasteiger partial charge on any atom is -0.449 e. The minimum atomic E-state index is -3.13. The summed E-state index contributed by atoms with van der Waals surface area (Å²) in [5, 5.41) is 2.97. The van der Waals surface area contributed by atoms with Gasteiger partial charge in [-0.2, -0.15) is 0 Å². The summed E-state index contributed by atoms with van der Waals surface area (Å²) in [6.07, 6.45) is 6.84. The Morgan fingerprint density at radius 1 is 1.12 bits per heavy atom. The molecule has 1 saturated carbocycles. The molecule has 1 atom stereocenters. The Bertz CT molecular complexity index is 719. The van der Waals surface area contributed by atoms with E-state index in [9.17, 15) is 18.0 Å². The smallest absolute Gasteiger partial charge is 0.338 e. The molecule has 0 saturated heterocycles. The number of benzene rings is 1. The summed E-state index contributed by atoms with van der Waals surface area (Å²) in [6.45, 7) is 1.56. The number of carbonyl (C=O) groups excluding carboxylic acids is 2. The van der Waals surface area contributed by atoms with Gasteiger partial charge in [-0.25, -0.2) is 13.2 Å². The zero-order chi connectivity index (χ0) is 19.2. The number of carbonyl (C=O) groups is 2. The van der Waals surface area contributed by atoms with Crippen LogP contribution in [0.5, 0.6) is 0 Å². The number of esters is 1. The van der Waals surface area contributed by atoms with E-state index in [1.807, 2.05) is 0 Å². The van der Waals surface area contributed by atoms with Crippen molar-refractivity contribution in [2.24, 2.45) is 0 Å². The first-order chi connectivity index (χ1) is 12.2. The van der Waals surface area contributed by atoms with Crippen molar-refractivity contribution < 1.29 is 22.7 Å². The molecule has 144 valence electrons. The molecule has 1 aliphatic rings. The van der Waals surface area contributed by atoms with Crippen LogP contribution in [0, 0.1) is 0 Å². The monoisotopic (exact) mass is 381 g/mol. The van der Waals surface area contributed by atoms with Gasteiger partial charge < -0.3 is 10.1 Å². The van der Waals surface area contributed by atoms with Gasteiger partial charge in [0.25, 0.3) is 5.91 Å². The van der Waals surface area contributed by atoms with Crippen LogP contribution in [0.2, 0.25) is 0 Å². The van der Waals surface area contributed by atoms with Gasteiger partial charge in [0, 0.05) is 12.3 Å². The first-order valence-electron chi connectivity index (χ1n) is 9.02. The lowest BCUT2D eigenvalue weighted by atomic mass is 10.1. The van der Waals surface area contributed by atoms with Gasteiger partial charge in [0.2, 0.25) is 0 Å². The SMILES string of the molecule is C[C@H](OC(=O)c1ccc(CS(C)(=O)=O)cc1)C(=O)NC1CCCCCC1. The van der Waals surface area contributed by atoms with Gasteiger partial charge in [-0.15, -0.1) is 0 Å². The van der Waals surface area contributed by atoms with Gasteiger partial charge in [-0.3, -0.25) is 4.79 Å². The summed E-state index contributed by atoms with van der Waals surface area (Å²) >= 11 is 0. The third-order valence-corrected chi connectivity index (χ3v) is 5.33. The van der Waals surface area contributed by atoms with Gasteiger partial charge >= 0.3 is 5.97 Å². The van der Waals surface area contributed by atoms with Crippen LogP contribution in [-0.4, -0.2) is 38.7 Å². The van der Waals surface area contributed by atoms with Crippen molar-refractivity contribution in [2.75, 3.05) is 6.26 Å². The maximum Gasteiger partial charge on any atom is 0.338 e. The molecule has 0 spiro atoms. The molecule has 0 heterocycles. The Hall–Kier alpha value is -1.89. The number of sulfone groups is 1. The predicted octanol–water partition coefficient (Wildman–Crippen LogP) is 2.62. The Kier molecular flexibility index (Phi) is 7.20. The fourth-order valence-corrected chi connectivity index (χ4v) is 3.86. The standard InChI is InChI=1S/C19H27NO5S/c1-14(18(21)20-17-7-5-3-4-6-8-17)25-19(22)16-11-9-15(10-12-16)13-26(2,23)24/h9-12,14,17H,3-8,13H2,1-2H3,(H,20,21)/t14-/m0/s1. The average Bonchev–Trinajstić information content (AvgIpc) is 2.82. The number of nitrogens with one attached hydrogen (secondary N) is 1. The first kappa shape index (κ1) is 20.4. The summed E-state index contributed by atoms with van der Waals surface area (Å²) < 4.78 is 27.8. The van der Waals surface area contributed by atoms with Crippen LogP contribution in [0.25, 0.3) is 0 Å². The molecule has 0 unspecified atom stereocenters. The third kappa shape index (κ3) is 6.78. The molecule has 7 heteroatoms. The summed E-state index contributed by atoms with van der Waals surface area (Å²) in [6, 6.07) is 6.33. The van der Waals surface area contributed by atoms with E-state index in [0.717, 1.165) is 31.9 Å². The van der Waals surface area contributed by atoms with Crippen molar-refractivity contribution in [3.05, 3.63) is 35.4 Å². The van der Waals surface area contributed by atoms with E-state index in [2.05, 4.69) is 5.32 Å². The topological polar surface area (TPSA) is 89.5 Å². The maximum absolute atomic E-state index is 12.2. The van der Waals surface area contributed by atoms with E-state index < -0.39 is 21.9 Å². The number of hydrogen-bond acceptors (Lipinski definition) is 5. The number of rotatable bonds is 6. The lowest BCUT2D eigenvalue weighted by Gasteiger charge is -2.19. The second-order valence-electron chi connectivity index (χ2n) is 7.01. The van der Waals surface area contributed by atoms with Gasteiger partial charge in [0.05, 0.1) is 11.3 Å². The third-order valence-electron chi connectivity index (χ3n) is 4.47. The van der Waals surface area contributed by atoms with Crippen LogP contribution in [0.15, 0.2) is 24.3 Å². The van der Waals surface area contributed by atoms with Crippen LogP contribution >= 0.6 is 0 Å². The van der Waals surface area contributed by atoms with Gasteiger partial charge in [0.15, 0.2) is 15.9 Å². The maximum atomic E-state index is 12.2. The molecule has 26 heavy (non-hydrogen) atoms. The molecule has 1 amide bonds. The van der Waals surface area contributed by atoms with Gasteiger partial charge in [-0.1, -0.05) is 37.8 Å². The molecular formula is C19H27NO5S. The second kappa shape index (κ2) is 9.16. The molecule has 0 aromatic heterocycles. The molecular weight excluding hydrogens is 354 g/mol. The van der Waals surface area contributed by atoms with Crippen LogP contribution < -0.4 is 5.32 Å². The fourth-order valence-electron chi connectivity index (χ4n) is 3.06. The predicted molar refractivity (Wildman–Crippen MR) is 99.5 cm³/mol. The van der Waals surface area contributed by atoms with Crippen molar-refractivity contribution in [2.45, 2.75) is 63.3 Å². The van der Waals surface area contributed by atoms with Crippen LogP contribution in [0.1, 0.15) is 61.4 Å². The Labute approximate surface area is 155 Å². The van der Waals surface area contributed by atoms with Crippen molar-refractivity contribution in [3.63, 3.8) is 0 Å². The number of ether oxygens (including phenoxy) is 1. The van der Waals surface area contributed by atoms with Crippen LogP contribution in [0.4, 0.5) is 0 Å². The van der Waals surface area contributed by atoms with Gasteiger partial charge in [0.1, 0.15) is 0 Å². The van der Waals surface area contributed by atoms with E-state index in [1.54, 1.807) is 19.1 Å². The Morgan fingerprint density at radius 2 is 1.69 bits per heavy atom. The zero-order valence-electron chi connectivity index (χ0n) is 15.4. The molecule has 1 aromatic carbocycles. The Balaban J connectivity index is 1.88. The van der Waals surface area contributed by atoms with Crippen molar-refractivity contribution in [1.29, 1.82) is 0 Å². The molecule has 1 fully saturated rings. The fraction of sp³-hybridized carbons (Fsp3) is 0.579. The lowest BCUT2D eigenvalue weighted by molar-refractivity contribution is -0.129. The summed E-state index contributed by atoms with van der Waals surface area (Å²) in [7, 11) is -3.13. The van der Waals surface area contributed by atoms with Crippen molar-refractivity contribution in [1.82, 2.24) is 5.32 Å². The Morgan fingerprint density at radius 3 is 2.23 bits per heavy atom. The molecule has 1 aliphatic carbocycles. The molecule has 0 radical (unpaired) electrons. The normalized spacial score (nSPS) is 17.2. The van der Waals surface area contributed by atoms with E-state index in [-0.39, 0.29) is 23.3 Å². The largest absolute Gasteiger partial charge is 0.449 e. The zero-order valence-corrected chi connectivity index (χ0v) is 16.2. The van der Waals surface area contributed by atoms with Gasteiger partial charge in [-0.05, 0) is 37.5 Å². The highest BCUT2D eigenvalue weighted by atomic mass is 32.2. The van der Waals surface area contributed by atoms with E-state index >= 15 is 0 Å².